The van der Waals surface area contributed by atoms with E-state index in [9.17, 15) is 26.4 Å². The van der Waals surface area contributed by atoms with E-state index in [1.165, 1.54) is 23.4 Å². The number of benzene rings is 1. The summed E-state index contributed by atoms with van der Waals surface area (Å²) in [6, 6.07) is 5.90. The number of amides is 1. The molecule has 176 valence electrons. The van der Waals surface area contributed by atoms with E-state index in [0.29, 0.717) is 24.9 Å². The van der Waals surface area contributed by atoms with Crippen molar-refractivity contribution in [2.75, 3.05) is 19.7 Å². The first-order valence-electron chi connectivity index (χ1n) is 9.96. The number of aromatic nitrogens is 1. The molecule has 2 heterocycles. The molecular formula is C20H24F3N3O5S. The molecule has 8 nitrogen and oxygen atoms in total. The lowest BCUT2D eigenvalue weighted by molar-refractivity contribution is -0.153. The van der Waals surface area contributed by atoms with Gasteiger partial charge in [-0.05, 0) is 44.4 Å². The van der Waals surface area contributed by atoms with Crippen molar-refractivity contribution >= 4 is 15.9 Å². The van der Waals surface area contributed by atoms with Crippen LogP contribution in [0.3, 0.4) is 0 Å². The summed E-state index contributed by atoms with van der Waals surface area (Å²) in [6.45, 7) is 2.21. The van der Waals surface area contributed by atoms with Gasteiger partial charge in [0, 0.05) is 19.6 Å². The normalized spacial score (nSPS) is 17.8. The Labute approximate surface area is 183 Å². The van der Waals surface area contributed by atoms with Crippen LogP contribution in [0, 0.1) is 19.8 Å². The van der Waals surface area contributed by atoms with Crippen molar-refractivity contribution in [1.29, 1.82) is 0 Å². The van der Waals surface area contributed by atoms with Crippen molar-refractivity contribution in [2.45, 2.75) is 44.3 Å². The Hall–Kier alpha value is -2.60. The van der Waals surface area contributed by atoms with E-state index in [1.54, 1.807) is 19.1 Å². The summed E-state index contributed by atoms with van der Waals surface area (Å²) in [4.78, 5) is 12.7. The number of piperidine rings is 1. The van der Waals surface area contributed by atoms with E-state index >= 15 is 0 Å². The topological polar surface area (TPSA) is 102 Å². The lowest BCUT2D eigenvalue weighted by atomic mass is 9.99. The average molecular weight is 475 g/mol. The van der Waals surface area contributed by atoms with Crippen LogP contribution in [0.4, 0.5) is 13.2 Å². The van der Waals surface area contributed by atoms with E-state index in [2.05, 4.69) is 15.2 Å². The number of hydrogen-bond acceptors (Lipinski definition) is 6. The van der Waals surface area contributed by atoms with Crippen LogP contribution in [-0.2, 0) is 21.4 Å². The second-order valence-electron chi connectivity index (χ2n) is 7.62. The number of ether oxygens (including phenoxy) is 1. The molecule has 0 bridgehead atoms. The molecule has 0 aliphatic carbocycles. The predicted molar refractivity (Wildman–Crippen MR) is 107 cm³/mol. The summed E-state index contributed by atoms with van der Waals surface area (Å²) in [5.74, 6) is -0.531. The van der Waals surface area contributed by atoms with Crippen LogP contribution in [0.5, 0.6) is 5.75 Å². The number of carbonyl (C=O) groups excluding carboxylic acids is 1. The molecule has 1 aliphatic rings. The van der Waals surface area contributed by atoms with Gasteiger partial charge in [-0.25, -0.2) is 8.42 Å². The Bertz CT molecular complexity index is 1030. The lowest BCUT2D eigenvalue weighted by Crippen LogP contribution is -2.45. The highest BCUT2D eigenvalue weighted by Crippen LogP contribution is 2.28. The number of aryl methyl sites for hydroxylation is 2. The van der Waals surface area contributed by atoms with Crippen LogP contribution >= 0.6 is 0 Å². The van der Waals surface area contributed by atoms with Crippen LogP contribution in [-0.4, -0.2) is 49.7 Å². The Morgan fingerprint density at radius 2 is 1.97 bits per heavy atom. The molecule has 3 rings (SSSR count). The minimum absolute atomic E-state index is 0.0337. The number of alkyl halides is 3. The van der Waals surface area contributed by atoms with Gasteiger partial charge in [0.1, 0.15) is 16.3 Å². The first kappa shape index (κ1) is 24.1. The van der Waals surface area contributed by atoms with Crippen molar-refractivity contribution in [2.24, 2.45) is 5.92 Å². The third-order valence-electron chi connectivity index (χ3n) is 5.11. The Balaban J connectivity index is 1.57. The third kappa shape index (κ3) is 5.80. The molecule has 0 saturated carbocycles. The molecule has 1 aliphatic heterocycles. The van der Waals surface area contributed by atoms with E-state index < -0.39 is 28.7 Å². The molecule has 1 amide bonds. The van der Waals surface area contributed by atoms with Gasteiger partial charge in [-0.2, -0.15) is 17.5 Å². The molecule has 1 atom stereocenters. The van der Waals surface area contributed by atoms with E-state index in [4.69, 9.17) is 4.52 Å². The van der Waals surface area contributed by atoms with Gasteiger partial charge in [0.2, 0.25) is 15.9 Å². The molecule has 1 saturated heterocycles. The number of nitrogens with zero attached hydrogens (tertiary/aromatic N) is 2. The maximum absolute atomic E-state index is 13.0. The number of hydrogen-bond donors (Lipinski definition) is 1. The SMILES string of the molecule is Cc1noc(C)c1S(=O)(=O)N1CCC[C@@H](C(=O)NCc2ccc(OCC(F)(F)F)cc2)C1. The molecule has 1 N–H and O–H groups in total. The minimum atomic E-state index is -4.42. The molecule has 1 aromatic heterocycles. The highest BCUT2D eigenvalue weighted by Gasteiger charge is 2.36. The zero-order valence-electron chi connectivity index (χ0n) is 17.6. The maximum Gasteiger partial charge on any atom is 0.422 e. The summed E-state index contributed by atoms with van der Waals surface area (Å²) >= 11 is 0. The number of sulfonamides is 1. The summed E-state index contributed by atoms with van der Waals surface area (Å²) in [5, 5.41) is 6.46. The van der Waals surface area contributed by atoms with Gasteiger partial charge in [-0.15, -0.1) is 0 Å². The van der Waals surface area contributed by atoms with E-state index in [0.717, 1.165) is 0 Å². The van der Waals surface area contributed by atoms with Crippen molar-refractivity contribution < 1.29 is 35.6 Å². The molecule has 1 aromatic carbocycles. The van der Waals surface area contributed by atoms with Crippen molar-refractivity contribution in [1.82, 2.24) is 14.8 Å². The second-order valence-corrected chi connectivity index (χ2v) is 9.50. The van der Waals surface area contributed by atoms with Gasteiger partial charge in [-0.1, -0.05) is 17.3 Å². The summed E-state index contributed by atoms with van der Waals surface area (Å²) in [7, 11) is -3.83. The van der Waals surface area contributed by atoms with Crippen molar-refractivity contribution in [3.05, 3.63) is 41.3 Å². The van der Waals surface area contributed by atoms with Gasteiger partial charge < -0.3 is 14.6 Å². The van der Waals surface area contributed by atoms with Crippen LogP contribution in [0.1, 0.15) is 29.9 Å². The number of carbonyl (C=O) groups is 1. The van der Waals surface area contributed by atoms with Crippen LogP contribution < -0.4 is 10.1 Å². The Morgan fingerprint density at radius 1 is 1.28 bits per heavy atom. The first-order chi connectivity index (χ1) is 15.0. The summed E-state index contributed by atoms with van der Waals surface area (Å²) < 4.78 is 73.5. The Kier molecular flexibility index (Phi) is 7.13. The summed E-state index contributed by atoms with van der Waals surface area (Å²) in [6.07, 6.45) is -3.34. The smallest absolute Gasteiger partial charge is 0.422 e. The van der Waals surface area contributed by atoms with E-state index in [-0.39, 0.29) is 41.1 Å². The Morgan fingerprint density at radius 3 is 2.56 bits per heavy atom. The second kappa shape index (κ2) is 9.49. The molecule has 32 heavy (non-hydrogen) atoms. The quantitative estimate of drug-likeness (QED) is 0.661. The van der Waals surface area contributed by atoms with Gasteiger partial charge in [-0.3, -0.25) is 4.79 Å². The molecule has 2 aromatic rings. The number of rotatable bonds is 7. The van der Waals surface area contributed by atoms with E-state index in [1.807, 2.05) is 0 Å². The fourth-order valence-corrected chi connectivity index (χ4v) is 5.36. The molecular weight excluding hydrogens is 451 g/mol. The third-order valence-corrected chi connectivity index (χ3v) is 7.22. The fraction of sp³-hybridized carbons (Fsp3) is 0.500. The highest BCUT2D eigenvalue weighted by molar-refractivity contribution is 7.89. The van der Waals surface area contributed by atoms with Gasteiger partial charge >= 0.3 is 6.18 Å². The van der Waals surface area contributed by atoms with Crippen molar-refractivity contribution in [3.8, 4) is 5.75 Å². The molecule has 1 fully saturated rings. The maximum atomic E-state index is 13.0. The van der Waals surface area contributed by atoms with Gasteiger partial charge in [0.15, 0.2) is 12.4 Å². The minimum Gasteiger partial charge on any atom is -0.484 e. The standard InChI is InChI=1S/C20H24F3N3O5S/c1-13-18(14(2)31-25-13)32(28,29)26-9-3-4-16(11-26)19(27)24-10-15-5-7-17(8-6-15)30-12-20(21,22)23/h5-8,16H,3-4,9-12H2,1-2H3,(H,24,27)/t16-/m1/s1. The van der Waals surface area contributed by atoms with Gasteiger partial charge in [0.05, 0.1) is 5.92 Å². The van der Waals surface area contributed by atoms with Crippen LogP contribution in [0.25, 0.3) is 0 Å². The average Bonchev–Trinajstić information content (AvgIpc) is 3.09. The summed E-state index contributed by atoms with van der Waals surface area (Å²) in [5.41, 5.74) is 0.949. The number of nitrogens with one attached hydrogen (secondary N) is 1. The molecule has 0 spiro atoms. The fourth-order valence-electron chi connectivity index (χ4n) is 3.55. The van der Waals surface area contributed by atoms with Crippen LogP contribution in [0.2, 0.25) is 0 Å². The zero-order valence-corrected chi connectivity index (χ0v) is 18.4. The lowest BCUT2D eigenvalue weighted by Gasteiger charge is -2.31. The number of halogens is 3. The molecule has 0 radical (unpaired) electrons. The zero-order chi connectivity index (χ0) is 23.5. The first-order valence-corrected chi connectivity index (χ1v) is 11.4. The van der Waals surface area contributed by atoms with Gasteiger partial charge in [0.25, 0.3) is 0 Å². The molecule has 12 heteroatoms. The predicted octanol–water partition coefficient (Wildman–Crippen LogP) is 2.95. The highest BCUT2D eigenvalue weighted by atomic mass is 32.2. The largest absolute Gasteiger partial charge is 0.484 e. The monoisotopic (exact) mass is 475 g/mol. The van der Waals surface area contributed by atoms with Crippen LogP contribution in [0.15, 0.2) is 33.7 Å². The molecule has 0 unspecified atom stereocenters. The van der Waals surface area contributed by atoms with Crippen molar-refractivity contribution in [3.63, 3.8) is 0 Å².